The van der Waals surface area contributed by atoms with Gasteiger partial charge in [-0.25, -0.2) is 4.79 Å². The molecule has 0 aliphatic carbocycles. The Bertz CT molecular complexity index is 904. The summed E-state index contributed by atoms with van der Waals surface area (Å²) >= 11 is 1.72. The number of benzene rings is 1. The molecule has 0 fully saturated rings. The van der Waals surface area contributed by atoms with E-state index in [1.165, 1.54) is 10.4 Å². The maximum absolute atomic E-state index is 12.3. The number of carbonyl (C=O) groups excluding carboxylic acids is 2. The van der Waals surface area contributed by atoms with Crippen LogP contribution < -0.4 is 9.47 Å². The number of esters is 1. The average Bonchev–Trinajstić information content (AvgIpc) is 3.26. The Morgan fingerprint density at radius 3 is 2.93 bits per heavy atom. The number of hydrogen-bond donors (Lipinski definition) is 0. The van der Waals surface area contributed by atoms with E-state index in [-0.39, 0.29) is 24.7 Å². The summed E-state index contributed by atoms with van der Waals surface area (Å²) in [7, 11) is 0. The fourth-order valence-electron chi connectivity index (χ4n) is 3.57. The third-order valence-electron chi connectivity index (χ3n) is 4.92. The molecular formula is C21H23NO5S. The van der Waals surface area contributed by atoms with Gasteiger partial charge in [-0.05, 0) is 43.3 Å². The van der Waals surface area contributed by atoms with E-state index in [0.29, 0.717) is 24.6 Å². The van der Waals surface area contributed by atoms with Gasteiger partial charge < -0.3 is 19.1 Å². The van der Waals surface area contributed by atoms with Gasteiger partial charge in [0.15, 0.2) is 24.7 Å². The Morgan fingerprint density at radius 2 is 2.07 bits per heavy atom. The topological polar surface area (TPSA) is 65.1 Å². The number of hydrogen-bond acceptors (Lipinski definition) is 6. The molecule has 6 nitrogen and oxygen atoms in total. The number of fused-ring (bicyclic) bond motifs is 2. The van der Waals surface area contributed by atoms with E-state index in [1.807, 2.05) is 37.4 Å². The maximum Gasteiger partial charge on any atom is 0.344 e. The minimum atomic E-state index is -0.573. The molecule has 0 radical (unpaired) electrons. The Morgan fingerprint density at radius 1 is 1.21 bits per heavy atom. The van der Waals surface area contributed by atoms with Crippen LogP contribution in [0.2, 0.25) is 0 Å². The summed E-state index contributed by atoms with van der Waals surface area (Å²) in [5.74, 6) is 0.441. The Balaban J connectivity index is 1.26. The molecular weight excluding hydrogens is 378 g/mol. The molecule has 2 aliphatic rings. The average molecular weight is 401 g/mol. The second-order valence-corrected chi connectivity index (χ2v) is 8.67. The molecule has 0 saturated carbocycles. The van der Waals surface area contributed by atoms with Crippen LogP contribution in [-0.4, -0.2) is 42.1 Å². The molecule has 0 N–H and O–H groups in total. The molecule has 0 bridgehead atoms. The predicted molar refractivity (Wildman–Crippen MR) is 105 cm³/mol. The van der Waals surface area contributed by atoms with E-state index in [2.05, 4.69) is 0 Å². The minimum absolute atomic E-state index is 0.184. The van der Waals surface area contributed by atoms with Crippen LogP contribution in [0.3, 0.4) is 0 Å². The summed E-state index contributed by atoms with van der Waals surface area (Å²) in [6, 6.07) is 7.68. The Hall–Kier alpha value is -2.54. The lowest BCUT2D eigenvalue weighted by Crippen LogP contribution is -2.38. The summed E-state index contributed by atoms with van der Waals surface area (Å²) in [5.41, 5.74) is 1.95. The molecule has 0 atom stereocenters. The van der Waals surface area contributed by atoms with Crippen LogP contribution in [0.4, 0.5) is 0 Å². The first kappa shape index (κ1) is 18.8. The number of ether oxygens (including phenoxy) is 3. The van der Waals surface area contributed by atoms with Gasteiger partial charge in [-0.3, -0.25) is 4.79 Å². The van der Waals surface area contributed by atoms with Crippen molar-refractivity contribution in [1.82, 2.24) is 4.90 Å². The molecule has 1 aromatic carbocycles. The van der Waals surface area contributed by atoms with Crippen molar-refractivity contribution >= 4 is 23.2 Å². The highest BCUT2D eigenvalue weighted by Gasteiger charge is 2.32. The van der Waals surface area contributed by atoms with Gasteiger partial charge in [0.05, 0.1) is 0 Å². The standard InChI is InChI=1S/C21H23NO5S/c1-21(2)10-14-4-3-5-16(20(14)27-21)25-13-19(24)26-12-18(23)22-8-6-17-15(11-22)7-9-28-17/h3-5,7,9H,6,8,10-13H2,1-2H3. The summed E-state index contributed by atoms with van der Waals surface area (Å²) in [5, 5.41) is 2.04. The highest BCUT2D eigenvalue weighted by Crippen LogP contribution is 2.41. The Labute approximate surface area is 168 Å². The molecule has 0 saturated heterocycles. The van der Waals surface area contributed by atoms with Gasteiger partial charge in [0, 0.05) is 30.0 Å². The molecule has 0 spiro atoms. The van der Waals surface area contributed by atoms with E-state index in [1.54, 1.807) is 22.3 Å². The molecule has 1 aromatic heterocycles. The van der Waals surface area contributed by atoms with Gasteiger partial charge in [-0.2, -0.15) is 0 Å². The summed E-state index contributed by atoms with van der Waals surface area (Å²) in [4.78, 5) is 27.4. The first-order chi connectivity index (χ1) is 13.4. The van der Waals surface area contributed by atoms with E-state index < -0.39 is 5.97 Å². The highest BCUT2D eigenvalue weighted by molar-refractivity contribution is 7.10. The lowest BCUT2D eigenvalue weighted by Gasteiger charge is -2.26. The lowest BCUT2D eigenvalue weighted by molar-refractivity contribution is -0.154. The largest absolute Gasteiger partial charge is 0.483 e. The minimum Gasteiger partial charge on any atom is -0.483 e. The summed E-state index contributed by atoms with van der Waals surface area (Å²) < 4.78 is 16.6. The first-order valence-corrected chi connectivity index (χ1v) is 10.2. The normalized spacial score (nSPS) is 16.7. The number of carbonyl (C=O) groups is 2. The molecule has 1 amide bonds. The van der Waals surface area contributed by atoms with E-state index >= 15 is 0 Å². The molecule has 148 valence electrons. The highest BCUT2D eigenvalue weighted by atomic mass is 32.1. The van der Waals surface area contributed by atoms with Crippen LogP contribution in [-0.2, 0) is 33.7 Å². The van der Waals surface area contributed by atoms with Gasteiger partial charge in [0.25, 0.3) is 5.91 Å². The molecule has 4 rings (SSSR count). The van der Waals surface area contributed by atoms with Gasteiger partial charge in [0.2, 0.25) is 0 Å². The van der Waals surface area contributed by atoms with Crippen molar-refractivity contribution in [2.75, 3.05) is 19.8 Å². The lowest BCUT2D eigenvalue weighted by atomic mass is 10.0. The van der Waals surface area contributed by atoms with E-state index in [4.69, 9.17) is 14.2 Å². The van der Waals surface area contributed by atoms with Crippen LogP contribution in [0.25, 0.3) is 0 Å². The molecule has 2 aromatic rings. The van der Waals surface area contributed by atoms with Gasteiger partial charge >= 0.3 is 5.97 Å². The van der Waals surface area contributed by atoms with Gasteiger partial charge in [-0.1, -0.05) is 12.1 Å². The van der Waals surface area contributed by atoms with Gasteiger partial charge in [0.1, 0.15) is 5.60 Å². The van der Waals surface area contributed by atoms with Crippen LogP contribution in [0.1, 0.15) is 29.9 Å². The third-order valence-corrected chi connectivity index (χ3v) is 5.94. The fraction of sp³-hybridized carbons (Fsp3) is 0.429. The van der Waals surface area contributed by atoms with Crippen LogP contribution in [0, 0.1) is 0 Å². The van der Waals surface area contributed by atoms with Crippen LogP contribution in [0.5, 0.6) is 11.5 Å². The number of nitrogens with zero attached hydrogens (tertiary/aromatic N) is 1. The molecule has 28 heavy (non-hydrogen) atoms. The van der Waals surface area contributed by atoms with Crippen molar-refractivity contribution in [3.8, 4) is 11.5 Å². The Kier molecular flexibility index (Phi) is 5.02. The number of thiophene rings is 1. The molecule has 7 heteroatoms. The quantitative estimate of drug-likeness (QED) is 0.721. The monoisotopic (exact) mass is 401 g/mol. The smallest absolute Gasteiger partial charge is 0.344 e. The zero-order chi connectivity index (χ0) is 19.7. The molecule has 3 heterocycles. The van der Waals surface area contributed by atoms with Crippen molar-refractivity contribution in [3.05, 3.63) is 45.6 Å². The van der Waals surface area contributed by atoms with E-state index in [0.717, 1.165) is 18.4 Å². The molecule has 2 aliphatic heterocycles. The van der Waals surface area contributed by atoms with Crippen molar-refractivity contribution in [3.63, 3.8) is 0 Å². The maximum atomic E-state index is 12.3. The van der Waals surface area contributed by atoms with Crippen LogP contribution in [0.15, 0.2) is 29.6 Å². The number of rotatable bonds is 5. The summed E-state index contributed by atoms with van der Waals surface area (Å²) in [6.07, 6.45) is 1.64. The number of amides is 1. The van der Waals surface area contributed by atoms with Crippen molar-refractivity contribution in [1.29, 1.82) is 0 Å². The first-order valence-electron chi connectivity index (χ1n) is 9.34. The van der Waals surface area contributed by atoms with Gasteiger partial charge in [-0.15, -0.1) is 11.3 Å². The fourth-order valence-corrected chi connectivity index (χ4v) is 4.46. The second-order valence-electron chi connectivity index (χ2n) is 7.67. The SMILES string of the molecule is CC1(C)Cc2cccc(OCC(=O)OCC(=O)N3CCc4sccc4C3)c2O1. The number of para-hydroxylation sites is 1. The zero-order valence-electron chi connectivity index (χ0n) is 16.0. The second kappa shape index (κ2) is 7.47. The molecule has 0 unspecified atom stereocenters. The predicted octanol–water partition coefficient (Wildman–Crippen LogP) is 2.97. The zero-order valence-corrected chi connectivity index (χ0v) is 16.8. The third kappa shape index (κ3) is 3.99. The summed E-state index contributed by atoms with van der Waals surface area (Å²) in [6.45, 7) is 4.73. The van der Waals surface area contributed by atoms with E-state index in [9.17, 15) is 9.59 Å². The van der Waals surface area contributed by atoms with Crippen molar-refractivity contribution in [2.45, 2.75) is 38.8 Å². The van der Waals surface area contributed by atoms with Crippen LogP contribution >= 0.6 is 11.3 Å². The van der Waals surface area contributed by atoms with Crippen molar-refractivity contribution in [2.24, 2.45) is 0 Å². The van der Waals surface area contributed by atoms with Crippen molar-refractivity contribution < 1.29 is 23.8 Å².